The zero-order valence-corrected chi connectivity index (χ0v) is 11.5. The molecule has 10 heteroatoms. The molecule has 0 aliphatic rings. The van der Waals surface area contributed by atoms with Gasteiger partial charge < -0.3 is 0 Å². The number of hydrogen-bond acceptors (Lipinski definition) is 4. The second kappa shape index (κ2) is 4.98. The maximum atomic E-state index is 12.6. The van der Waals surface area contributed by atoms with E-state index in [-0.39, 0.29) is 3.57 Å². The van der Waals surface area contributed by atoms with E-state index in [1.807, 2.05) is 0 Å². The smallest absolute Gasteiger partial charge is 0.258 e. The van der Waals surface area contributed by atoms with Gasteiger partial charge in [0, 0.05) is 20.3 Å². The molecule has 0 atom stereocenters. The molecule has 5 nitrogen and oxygen atoms in total. The van der Waals surface area contributed by atoms with Crippen molar-refractivity contribution in [2.75, 3.05) is 0 Å². The van der Waals surface area contributed by atoms with Crippen molar-refractivity contribution in [2.45, 2.75) is 11.3 Å². The average molecular weight is 398 g/mol. The van der Waals surface area contributed by atoms with Crippen LogP contribution in [0, 0.1) is 13.7 Å². The van der Waals surface area contributed by atoms with E-state index in [0.29, 0.717) is 6.07 Å². The molecular weight excluding hydrogens is 394 g/mol. The predicted octanol–water partition coefficient (Wildman–Crippen LogP) is 3.06. The van der Waals surface area contributed by atoms with Crippen molar-refractivity contribution in [3.63, 3.8) is 0 Å². The molecule has 0 aliphatic carbocycles. The first-order valence-electron chi connectivity index (χ1n) is 3.85. The van der Waals surface area contributed by atoms with Crippen LogP contribution in [0.25, 0.3) is 0 Å². The van der Waals surface area contributed by atoms with Gasteiger partial charge in [0.25, 0.3) is 21.2 Å². The minimum absolute atomic E-state index is 0.231. The normalized spacial score (nSPS) is 11.8. The number of rotatable bonds is 3. The minimum atomic E-state index is -4.21. The molecule has 0 bridgehead atoms. The summed E-state index contributed by atoms with van der Waals surface area (Å²) in [4.78, 5) is 8.93. The van der Waals surface area contributed by atoms with E-state index in [1.165, 1.54) is 22.6 Å². The molecule has 0 saturated heterocycles. The van der Waals surface area contributed by atoms with Crippen molar-refractivity contribution in [3.05, 3.63) is 31.4 Å². The van der Waals surface area contributed by atoms with Crippen molar-refractivity contribution < 1.29 is 22.1 Å². The molecule has 0 aliphatic heterocycles. The monoisotopic (exact) mass is 397 g/mol. The predicted molar refractivity (Wildman–Crippen MR) is 63.8 cm³/mol. The lowest BCUT2D eigenvalue weighted by Gasteiger charge is -2.06. The molecule has 0 aromatic heterocycles. The van der Waals surface area contributed by atoms with E-state index >= 15 is 0 Å². The Labute approximate surface area is 112 Å². The highest BCUT2D eigenvalue weighted by atomic mass is 127. The van der Waals surface area contributed by atoms with Gasteiger partial charge in [-0.3, -0.25) is 10.1 Å². The summed E-state index contributed by atoms with van der Waals surface area (Å²) < 4.78 is 46.9. The second-order valence-electron chi connectivity index (χ2n) is 2.83. The maximum absolute atomic E-state index is 12.6. The molecule has 0 spiro atoms. The fraction of sp³-hybridized carbons (Fsp3) is 0.143. The molecule has 0 saturated carbocycles. The Balaban J connectivity index is 3.64. The number of hydrogen-bond donors (Lipinski definition) is 0. The number of halogens is 4. The van der Waals surface area contributed by atoms with E-state index < -0.39 is 36.5 Å². The van der Waals surface area contributed by atoms with Crippen LogP contribution in [0.1, 0.15) is 12.0 Å². The molecule has 1 rings (SSSR count). The highest BCUT2D eigenvalue weighted by molar-refractivity contribution is 14.1. The van der Waals surface area contributed by atoms with Gasteiger partial charge in [0.1, 0.15) is 5.56 Å². The molecule has 0 unspecified atom stereocenters. The van der Waals surface area contributed by atoms with E-state index in [0.717, 1.165) is 6.07 Å². The van der Waals surface area contributed by atoms with Crippen LogP contribution in [0.15, 0.2) is 17.0 Å². The highest BCUT2D eigenvalue weighted by Gasteiger charge is 2.28. The molecule has 1 aromatic carbocycles. The van der Waals surface area contributed by atoms with E-state index in [2.05, 4.69) is 0 Å². The number of benzene rings is 1. The van der Waals surface area contributed by atoms with Crippen molar-refractivity contribution in [2.24, 2.45) is 0 Å². The van der Waals surface area contributed by atoms with Gasteiger partial charge in [-0.1, -0.05) is 0 Å². The van der Waals surface area contributed by atoms with Gasteiger partial charge in [-0.25, -0.2) is 17.2 Å². The van der Waals surface area contributed by atoms with E-state index in [4.69, 9.17) is 10.7 Å². The van der Waals surface area contributed by atoms with Crippen LogP contribution >= 0.6 is 33.3 Å². The Morgan fingerprint density at radius 2 is 1.94 bits per heavy atom. The van der Waals surface area contributed by atoms with Crippen LogP contribution < -0.4 is 0 Å². The van der Waals surface area contributed by atoms with Crippen LogP contribution in [0.4, 0.5) is 14.5 Å². The Hall–Kier alpha value is -0.550. The van der Waals surface area contributed by atoms with E-state index in [1.54, 1.807) is 0 Å². The molecule has 0 amide bonds. The van der Waals surface area contributed by atoms with Crippen LogP contribution in [0.3, 0.4) is 0 Å². The van der Waals surface area contributed by atoms with Gasteiger partial charge in [0.2, 0.25) is 0 Å². The molecule has 0 radical (unpaired) electrons. The number of nitro groups is 1. The quantitative estimate of drug-likeness (QED) is 0.340. The Kier molecular flexibility index (Phi) is 4.25. The zero-order valence-electron chi connectivity index (χ0n) is 7.73. The van der Waals surface area contributed by atoms with Crippen molar-refractivity contribution >= 4 is 48.0 Å². The Bertz CT molecular complexity index is 577. The largest absolute Gasteiger partial charge is 0.280 e. The fourth-order valence-corrected chi connectivity index (χ4v) is 2.92. The lowest BCUT2D eigenvalue weighted by molar-refractivity contribution is -0.386. The van der Waals surface area contributed by atoms with E-state index in [9.17, 15) is 27.3 Å². The maximum Gasteiger partial charge on any atom is 0.280 e. The molecule has 0 N–H and O–H groups in total. The molecule has 0 heterocycles. The summed E-state index contributed by atoms with van der Waals surface area (Å²) in [7, 11) is 0.792. The highest BCUT2D eigenvalue weighted by Crippen LogP contribution is 2.35. The minimum Gasteiger partial charge on any atom is -0.258 e. The SMILES string of the molecule is O=[N+]([O-])c1cc(S(=O)(=O)Cl)cc(I)c1C(F)F. The van der Waals surface area contributed by atoms with Crippen LogP contribution in [0.5, 0.6) is 0 Å². The zero-order chi connectivity index (χ0) is 13.4. The first kappa shape index (κ1) is 14.5. The topological polar surface area (TPSA) is 77.3 Å². The summed E-state index contributed by atoms with van der Waals surface area (Å²) in [6.07, 6.45) is -3.07. The third-order valence-corrected chi connectivity index (χ3v) is 4.00. The van der Waals surface area contributed by atoms with Crippen LogP contribution in [-0.4, -0.2) is 13.3 Å². The van der Waals surface area contributed by atoms with Gasteiger partial charge in [0.05, 0.1) is 9.82 Å². The number of nitrogens with zero attached hydrogens (tertiary/aromatic N) is 1. The standard InChI is InChI=1S/C7H3ClF2INO4S/c8-17(15,16)3-1-4(11)6(7(9)10)5(2-3)12(13)14/h1-2,7H. The molecule has 1 aromatic rings. The Morgan fingerprint density at radius 3 is 2.29 bits per heavy atom. The van der Waals surface area contributed by atoms with Crippen molar-refractivity contribution in [1.82, 2.24) is 0 Å². The summed E-state index contributed by atoms with van der Waals surface area (Å²) >= 11 is 1.39. The van der Waals surface area contributed by atoms with Gasteiger partial charge in [-0.2, -0.15) is 0 Å². The summed E-state index contributed by atoms with van der Waals surface area (Å²) in [6.45, 7) is 0. The van der Waals surface area contributed by atoms with Gasteiger partial charge in [0.15, 0.2) is 0 Å². The van der Waals surface area contributed by atoms with Gasteiger partial charge >= 0.3 is 0 Å². The van der Waals surface area contributed by atoms with Crippen molar-refractivity contribution in [3.8, 4) is 0 Å². The molecule has 94 valence electrons. The van der Waals surface area contributed by atoms with Gasteiger partial charge in [-0.15, -0.1) is 0 Å². The summed E-state index contributed by atoms with van der Waals surface area (Å²) in [5.41, 5.74) is -1.79. The molecular formula is C7H3ClF2INO4S. The van der Waals surface area contributed by atoms with Crippen LogP contribution in [0.2, 0.25) is 0 Å². The number of alkyl halides is 2. The fourth-order valence-electron chi connectivity index (χ4n) is 1.09. The lowest BCUT2D eigenvalue weighted by atomic mass is 10.2. The average Bonchev–Trinajstić information content (AvgIpc) is 2.13. The Morgan fingerprint density at radius 1 is 1.41 bits per heavy atom. The second-order valence-corrected chi connectivity index (χ2v) is 6.56. The summed E-state index contributed by atoms with van der Waals surface area (Å²) in [5, 5.41) is 10.6. The van der Waals surface area contributed by atoms with Crippen molar-refractivity contribution in [1.29, 1.82) is 0 Å². The molecule has 17 heavy (non-hydrogen) atoms. The first-order valence-corrected chi connectivity index (χ1v) is 7.24. The summed E-state index contributed by atoms with van der Waals surface area (Å²) in [5.74, 6) is 0. The number of nitro benzene ring substituents is 1. The third-order valence-electron chi connectivity index (χ3n) is 1.78. The van der Waals surface area contributed by atoms with Gasteiger partial charge in [-0.05, 0) is 28.7 Å². The van der Waals surface area contributed by atoms with Crippen LogP contribution in [-0.2, 0) is 9.05 Å². The molecule has 0 fully saturated rings. The lowest BCUT2D eigenvalue weighted by Crippen LogP contribution is -2.02. The third kappa shape index (κ3) is 3.22. The summed E-state index contributed by atoms with van der Waals surface area (Å²) in [6, 6.07) is 1.38. The first-order chi connectivity index (χ1) is 7.64.